The number of carbonyl (C=O) groups excluding carboxylic acids is 1. The summed E-state index contributed by atoms with van der Waals surface area (Å²) in [5.74, 6) is -0.320. The summed E-state index contributed by atoms with van der Waals surface area (Å²) in [4.78, 5) is 12.3. The van der Waals surface area contributed by atoms with Gasteiger partial charge in [-0.05, 0) is 49.2 Å². The minimum atomic E-state index is -4.35. The van der Waals surface area contributed by atoms with Crippen molar-refractivity contribution in [1.29, 1.82) is 0 Å². The Morgan fingerprint density at radius 2 is 1.74 bits per heavy atom. The molecular weight excluding hydrogens is 355 g/mol. The van der Waals surface area contributed by atoms with Gasteiger partial charge in [0.2, 0.25) is 0 Å². The first-order valence-corrected chi connectivity index (χ1v) is 8.41. The van der Waals surface area contributed by atoms with Gasteiger partial charge in [0.25, 0.3) is 5.91 Å². The van der Waals surface area contributed by atoms with Crippen LogP contribution >= 0.6 is 0 Å². The Balaban J connectivity index is 1.59. The third-order valence-corrected chi connectivity index (χ3v) is 4.10. The number of nitrogens with zero attached hydrogens (tertiary/aromatic N) is 2. The standard InChI is InChI=1S/C20H18F3N3O/c1-14-13-18(25-26(14)17-5-3-2-4-6-17)19(27)24-12-11-15-7-9-16(10-8-15)20(21,22)23/h2-10,13H,11-12H2,1H3,(H,24,27). The van der Waals surface area contributed by atoms with Crippen molar-refractivity contribution in [2.45, 2.75) is 19.5 Å². The summed E-state index contributed by atoms with van der Waals surface area (Å²) in [5.41, 5.74) is 2.02. The largest absolute Gasteiger partial charge is 0.416 e. The van der Waals surface area contributed by atoms with E-state index >= 15 is 0 Å². The van der Waals surface area contributed by atoms with E-state index in [0.29, 0.717) is 24.2 Å². The quantitative estimate of drug-likeness (QED) is 0.730. The summed E-state index contributed by atoms with van der Waals surface area (Å²) in [6.45, 7) is 2.17. The van der Waals surface area contributed by atoms with Gasteiger partial charge in [0.1, 0.15) is 0 Å². The van der Waals surface area contributed by atoms with Crippen LogP contribution < -0.4 is 5.32 Å². The minimum Gasteiger partial charge on any atom is -0.350 e. The fourth-order valence-electron chi connectivity index (χ4n) is 2.69. The van der Waals surface area contributed by atoms with Crippen molar-refractivity contribution in [3.05, 3.63) is 83.2 Å². The van der Waals surface area contributed by atoms with Gasteiger partial charge in [0.05, 0.1) is 11.3 Å². The Labute approximate surface area is 154 Å². The van der Waals surface area contributed by atoms with E-state index in [1.165, 1.54) is 12.1 Å². The predicted molar refractivity (Wildman–Crippen MR) is 95.8 cm³/mol. The van der Waals surface area contributed by atoms with Crippen molar-refractivity contribution in [2.24, 2.45) is 0 Å². The molecule has 0 saturated carbocycles. The maximum absolute atomic E-state index is 12.6. The monoisotopic (exact) mass is 373 g/mol. The highest BCUT2D eigenvalue weighted by molar-refractivity contribution is 5.92. The van der Waals surface area contributed by atoms with Crippen LogP contribution in [0.2, 0.25) is 0 Å². The van der Waals surface area contributed by atoms with Gasteiger partial charge in [-0.2, -0.15) is 18.3 Å². The van der Waals surface area contributed by atoms with Crippen molar-refractivity contribution < 1.29 is 18.0 Å². The van der Waals surface area contributed by atoms with E-state index in [1.54, 1.807) is 10.7 Å². The van der Waals surface area contributed by atoms with E-state index < -0.39 is 11.7 Å². The average molecular weight is 373 g/mol. The highest BCUT2D eigenvalue weighted by Gasteiger charge is 2.29. The van der Waals surface area contributed by atoms with Crippen LogP contribution in [0.5, 0.6) is 0 Å². The first-order valence-electron chi connectivity index (χ1n) is 8.41. The molecule has 0 bridgehead atoms. The summed E-state index contributed by atoms with van der Waals surface area (Å²) in [6.07, 6.45) is -3.91. The lowest BCUT2D eigenvalue weighted by atomic mass is 10.1. The zero-order valence-corrected chi connectivity index (χ0v) is 14.6. The zero-order valence-electron chi connectivity index (χ0n) is 14.6. The fraction of sp³-hybridized carbons (Fsp3) is 0.200. The van der Waals surface area contributed by atoms with Crippen LogP contribution in [-0.2, 0) is 12.6 Å². The van der Waals surface area contributed by atoms with Gasteiger partial charge < -0.3 is 5.32 Å². The second-order valence-electron chi connectivity index (χ2n) is 6.12. The lowest BCUT2D eigenvalue weighted by Crippen LogP contribution is -2.26. The molecule has 0 aliphatic carbocycles. The molecule has 0 spiro atoms. The molecule has 0 aliphatic rings. The van der Waals surface area contributed by atoms with Gasteiger partial charge in [-0.3, -0.25) is 4.79 Å². The molecule has 3 rings (SSSR count). The Kier molecular flexibility index (Phi) is 5.30. The highest BCUT2D eigenvalue weighted by atomic mass is 19.4. The topological polar surface area (TPSA) is 46.9 Å². The Hall–Kier alpha value is -3.09. The molecule has 0 saturated heterocycles. The number of alkyl halides is 3. The molecular formula is C20H18F3N3O. The smallest absolute Gasteiger partial charge is 0.350 e. The van der Waals surface area contributed by atoms with E-state index in [4.69, 9.17) is 0 Å². The van der Waals surface area contributed by atoms with E-state index in [0.717, 1.165) is 23.5 Å². The molecule has 1 aromatic heterocycles. The first-order chi connectivity index (χ1) is 12.8. The molecule has 0 radical (unpaired) electrons. The fourth-order valence-corrected chi connectivity index (χ4v) is 2.69. The van der Waals surface area contributed by atoms with Crippen molar-refractivity contribution in [3.8, 4) is 5.69 Å². The van der Waals surface area contributed by atoms with E-state index in [1.807, 2.05) is 37.3 Å². The lowest BCUT2D eigenvalue weighted by molar-refractivity contribution is -0.137. The van der Waals surface area contributed by atoms with E-state index in [9.17, 15) is 18.0 Å². The average Bonchev–Trinajstić information content (AvgIpc) is 3.04. The summed E-state index contributed by atoms with van der Waals surface area (Å²) < 4.78 is 39.4. The number of halogens is 3. The number of hydrogen-bond acceptors (Lipinski definition) is 2. The number of para-hydroxylation sites is 1. The molecule has 3 aromatic rings. The molecule has 1 N–H and O–H groups in total. The van der Waals surface area contributed by atoms with Crippen LogP contribution in [0.4, 0.5) is 13.2 Å². The molecule has 7 heteroatoms. The van der Waals surface area contributed by atoms with Crippen LogP contribution in [0.1, 0.15) is 27.3 Å². The maximum Gasteiger partial charge on any atom is 0.416 e. The Morgan fingerprint density at radius 1 is 1.07 bits per heavy atom. The number of amides is 1. The number of benzene rings is 2. The molecule has 4 nitrogen and oxygen atoms in total. The summed E-state index contributed by atoms with van der Waals surface area (Å²) in [5, 5.41) is 7.07. The normalized spacial score (nSPS) is 11.4. The maximum atomic E-state index is 12.6. The van der Waals surface area contributed by atoms with Crippen LogP contribution in [0, 0.1) is 6.92 Å². The van der Waals surface area contributed by atoms with E-state index in [2.05, 4.69) is 10.4 Å². The number of aromatic nitrogens is 2. The Morgan fingerprint density at radius 3 is 2.37 bits per heavy atom. The van der Waals surface area contributed by atoms with Gasteiger partial charge in [0, 0.05) is 12.2 Å². The highest BCUT2D eigenvalue weighted by Crippen LogP contribution is 2.29. The van der Waals surface area contributed by atoms with Crippen LogP contribution in [0.3, 0.4) is 0 Å². The number of rotatable bonds is 5. The molecule has 0 atom stereocenters. The lowest BCUT2D eigenvalue weighted by Gasteiger charge is -2.08. The minimum absolute atomic E-state index is 0.295. The van der Waals surface area contributed by atoms with Gasteiger partial charge in [0.15, 0.2) is 5.69 Å². The van der Waals surface area contributed by atoms with Crippen LogP contribution in [0.25, 0.3) is 5.69 Å². The van der Waals surface area contributed by atoms with Crippen molar-refractivity contribution in [2.75, 3.05) is 6.54 Å². The second kappa shape index (κ2) is 7.65. The zero-order chi connectivity index (χ0) is 19.4. The van der Waals surface area contributed by atoms with Crippen LogP contribution in [-0.4, -0.2) is 22.2 Å². The van der Waals surface area contributed by atoms with Crippen molar-refractivity contribution >= 4 is 5.91 Å². The predicted octanol–water partition coefficient (Wildman–Crippen LogP) is 4.17. The Bertz CT molecular complexity index is 916. The molecule has 0 unspecified atom stereocenters. The molecule has 1 amide bonds. The van der Waals surface area contributed by atoms with Crippen molar-refractivity contribution in [3.63, 3.8) is 0 Å². The number of hydrogen-bond donors (Lipinski definition) is 1. The van der Waals surface area contributed by atoms with E-state index in [-0.39, 0.29) is 5.91 Å². The molecule has 140 valence electrons. The molecule has 0 fully saturated rings. The summed E-state index contributed by atoms with van der Waals surface area (Å²) >= 11 is 0. The first kappa shape index (κ1) is 18.7. The van der Waals surface area contributed by atoms with Crippen LogP contribution in [0.15, 0.2) is 60.7 Å². The molecule has 1 heterocycles. The van der Waals surface area contributed by atoms with Gasteiger partial charge >= 0.3 is 6.18 Å². The number of nitrogens with one attached hydrogen (secondary N) is 1. The molecule has 0 aliphatic heterocycles. The molecule has 2 aromatic carbocycles. The number of carbonyl (C=O) groups is 1. The SMILES string of the molecule is Cc1cc(C(=O)NCCc2ccc(C(F)(F)F)cc2)nn1-c1ccccc1. The molecule has 27 heavy (non-hydrogen) atoms. The third-order valence-electron chi connectivity index (χ3n) is 4.10. The summed E-state index contributed by atoms with van der Waals surface area (Å²) in [6, 6.07) is 16.1. The van der Waals surface area contributed by atoms with Crippen molar-refractivity contribution in [1.82, 2.24) is 15.1 Å². The van der Waals surface area contributed by atoms with Gasteiger partial charge in [-0.15, -0.1) is 0 Å². The van der Waals surface area contributed by atoms with Gasteiger partial charge in [-0.25, -0.2) is 4.68 Å². The second-order valence-corrected chi connectivity index (χ2v) is 6.12. The van der Waals surface area contributed by atoms with Gasteiger partial charge in [-0.1, -0.05) is 30.3 Å². The third kappa shape index (κ3) is 4.55. The number of aryl methyl sites for hydroxylation is 1. The summed E-state index contributed by atoms with van der Waals surface area (Å²) in [7, 11) is 0.